The largest absolute Gasteiger partial charge is 0.467 e. The van der Waals surface area contributed by atoms with Crippen LogP contribution in [0, 0.1) is 0 Å². The summed E-state index contributed by atoms with van der Waals surface area (Å²) in [4.78, 5) is 11.7. The number of ether oxygens (including phenoxy) is 2. The molecule has 0 aliphatic carbocycles. The molecule has 2 rings (SSSR count). The Kier molecular flexibility index (Phi) is 4.26. The predicted molar refractivity (Wildman–Crippen MR) is 80.6 cm³/mol. The summed E-state index contributed by atoms with van der Waals surface area (Å²) in [6.45, 7) is 6.59. The summed E-state index contributed by atoms with van der Waals surface area (Å²) < 4.78 is 10.5. The maximum Gasteiger partial charge on any atom is 0.330 e. The summed E-state index contributed by atoms with van der Waals surface area (Å²) >= 11 is 0. The summed E-state index contributed by atoms with van der Waals surface area (Å²) in [5, 5.41) is 0. The Bertz CT molecular complexity index is 612. The van der Waals surface area contributed by atoms with Gasteiger partial charge in [0.05, 0.1) is 7.11 Å². The van der Waals surface area contributed by atoms with Gasteiger partial charge in [-0.2, -0.15) is 9.97 Å². The molecule has 1 aromatic heterocycles. The van der Waals surface area contributed by atoms with Gasteiger partial charge in [0, 0.05) is 0 Å². The van der Waals surface area contributed by atoms with Crippen LogP contribution in [0.4, 0.5) is 5.95 Å². The van der Waals surface area contributed by atoms with E-state index in [0.29, 0.717) is 5.75 Å². The van der Waals surface area contributed by atoms with Crippen LogP contribution < -0.4 is 15.2 Å². The molecule has 2 N–H and O–H groups in total. The Balaban J connectivity index is 2.19. The second-order valence-corrected chi connectivity index (χ2v) is 5.33. The van der Waals surface area contributed by atoms with Crippen molar-refractivity contribution in [1.29, 1.82) is 0 Å². The topological polar surface area (TPSA) is 83.2 Å². The molecule has 6 nitrogen and oxygen atoms in total. The van der Waals surface area contributed by atoms with Gasteiger partial charge < -0.3 is 15.2 Å². The van der Waals surface area contributed by atoms with Crippen molar-refractivity contribution in [2.75, 3.05) is 12.8 Å². The molecular formula is C15H20N4O2. The summed E-state index contributed by atoms with van der Waals surface area (Å²) in [6, 6.07) is 8.10. The molecule has 1 aromatic carbocycles. The third kappa shape index (κ3) is 3.59. The van der Waals surface area contributed by atoms with E-state index in [4.69, 9.17) is 15.2 Å². The fourth-order valence-corrected chi connectivity index (χ4v) is 1.77. The SMILES string of the molecule is CCC(C)(C)c1ccc(Oc2nc(N)nc(OC)n2)cc1. The number of nitrogen functional groups attached to an aromatic ring is 1. The van der Waals surface area contributed by atoms with Crippen LogP contribution in [0.3, 0.4) is 0 Å². The minimum absolute atomic E-state index is 0.0561. The zero-order chi connectivity index (χ0) is 15.5. The minimum Gasteiger partial charge on any atom is -0.467 e. The normalized spacial score (nSPS) is 11.2. The Labute approximate surface area is 124 Å². The molecule has 0 aliphatic heterocycles. The molecule has 0 unspecified atom stereocenters. The van der Waals surface area contributed by atoms with E-state index in [2.05, 4.69) is 35.7 Å². The number of hydrogen-bond donors (Lipinski definition) is 1. The van der Waals surface area contributed by atoms with E-state index in [1.165, 1.54) is 12.7 Å². The third-order valence-corrected chi connectivity index (χ3v) is 3.52. The van der Waals surface area contributed by atoms with Crippen LogP contribution in [0.1, 0.15) is 32.8 Å². The van der Waals surface area contributed by atoms with E-state index < -0.39 is 0 Å². The monoisotopic (exact) mass is 288 g/mol. The predicted octanol–water partition coefficient (Wildman–Crippen LogP) is 2.94. The van der Waals surface area contributed by atoms with E-state index >= 15 is 0 Å². The summed E-state index contributed by atoms with van der Waals surface area (Å²) in [7, 11) is 1.46. The van der Waals surface area contributed by atoms with Crippen molar-refractivity contribution < 1.29 is 9.47 Å². The Morgan fingerprint density at radius 3 is 2.24 bits per heavy atom. The van der Waals surface area contributed by atoms with Gasteiger partial charge in [-0.25, -0.2) is 0 Å². The van der Waals surface area contributed by atoms with Crippen molar-refractivity contribution >= 4 is 5.95 Å². The van der Waals surface area contributed by atoms with Crippen molar-refractivity contribution in [2.45, 2.75) is 32.6 Å². The van der Waals surface area contributed by atoms with E-state index in [9.17, 15) is 0 Å². The van der Waals surface area contributed by atoms with Crippen molar-refractivity contribution in [3.8, 4) is 17.8 Å². The number of anilines is 1. The maximum atomic E-state index is 5.58. The molecule has 1 heterocycles. The van der Waals surface area contributed by atoms with Gasteiger partial charge in [0.15, 0.2) is 0 Å². The Morgan fingerprint density at radius 1 is 1.05 bits per heavy atom. The lowest BCUT2D eigenvalue weighted by atomic mass is 9.82. The van der Waals surface area contributed by atoms with Crippen LogP contribution in [-0.2, 0) is 5.41 Å². The quantitative estimate of drug-likeness (QED) is 0.910. The molecule has 6 heteroatoms. The van der Waals surface area contributed by atoms with Crippen LogP contribution in [-0.4, -0.2) is 22.1 Å². The number of hydrogen-bond acceptors (Lipinski definition) is 6. The second kappa shape index (κ2) is 5.95. The standard InChI is InChI=1S/C15H20N4O2/c1-5-15(2,3)10-6-8-11(9-7-10)21-14-18-12(16)17-13(19-14)20-4/h6-9H,5H2,1-4H3,(H2,16,17,18,19). The zero-order valence-corrected chi connectivity index (χ0v) is 12.8. The lowest BCUT2D eigenvalue weighted by Gasteiger charge is -2.23. The molecule has 112 valence electrons. The molecule has 0 spiro atoms. The highest BCUT2D eigenvalue weighted by Crippen LogP contribution is 2.29. The van der Waals surface area contributed by atoms with Gasteiger partial charge in [0.1, 0.15) is 5.75 Å². The minimum atomic E-state index is 0.0561. The van der Waals surface area contributed by atoms with E-state index in [-0.39, 0.29) is 23.4 Å². The third-order valence-electron chi connectivity index (χ3n) is 3.52. The van der Waals surface area contributed by atoms with Gasteiger partial charge >= 0.3 is 12.0 Å². The second-order valence-electron chi connectivity index (χ2n) is 5.33. The molecule has 0 saturated heterocycles. The number of benzene rings is 1. The fourth-order valence-electron chi connectivity index (χ4n) is 1.77. The molecule has 0 saturated carbocycles. The van der Waals surface area contributed by atoms with Gasteiger partial charge in [-0.15, -0.1) is 4.98 Å². The Morgan fingerprint density at radius 2 is 1.67 bits per heavy atom. The fraction of sp³-hybridized carbons (Fsp3) is 0.400. The average Bonchev–Trinajstić information content (AvgIpc) is 2.47. The van der Waals surface area contributed by atoms with Crippen LogP contribution in [0.25, 0.3) is 0 Å². The van der Waals surface area contributed by atoms with E-state index in [1.807, 2.05) is 24.3 Å². The summed E-state index contributed by atoms with van der Waals surface area (Å²) in [5.74, 6) is 0.693. The highest BCUT2D eigenvalue weighted by Gasteiger charge is 2.17. The van der Waals surface area contributed by atoms with Gasteiger partial charge in [-0.3, -0.25) is 0 Å². The first-order valence-corrected chi connectivity index (χ1v) is 6.78. The summed E-state index contributed by atoms with van der Waals surface area (Å²) in [5.41, 5.74) is 6.96. The van der Waals surface area contributed by atoms with Crippen molar-refractivity contribution in [1.82, 2.24) is 15.0 Å². The van der Waals surface area contributed by atoms with Gasteiger partial charge in [0.25, 0.3) is 0 Å². The van der Waals surface area contributed by atoms with Crippen LogP contribution in [0.2, 0.25) is 0 Å². The molecule has 0 amide bonds. The first-order chi connectivity index (χ1) is 9.94. The first-order valence-electron chi connectivity index (χ1n) is 6.78. The number of nitrogens with zero attached hydrogens (tertiary/aromatic N) is 3. The molecule has 0 bridgehead atoms. The maximum absolute atomic E-state index is 5.58. The van der Waals surface area contributed by atoms with Crippen molar-refractivity contribution in [3.63, 3.8) is 0 Å². The number of aromatic nitrogens is 3. The van der Waals surface area contributed by atoms with Gasteiger partial charge in [-0.05, 0) is 29.5 Å². The molecule has 0 aliphatic rings. The molecule has 21 heavy (non-hydrogen) atoms. The lowest BCUT2D eigenvalue weighted by molar-refractivity contribution is 0.360. The van der Waals surface area contributed by atoms with Crippen molar-refractivity contribution in [2.24, 2.45) is 0 Å². The lowest BCUT2D eigenvalue weighted by Crippen LogP contribution is -2.14. The van der Waals surface area contributed by atoms with Gasteiger partial charge in [0.2, 0.25) is 5.95 Å². The molecule has 0 radical (unpaired) electrons. The highest BCUT2D eigenvalue weighted by atomic mass is 16.5. The van der Waals surface area contributed by atoms with Crippen LogP contribution in [0.15, 0.2) is 24.3 Å². The Hall–Kier alpha value is -2.37. The number of methoxy groups -OCH3 is 1. The van der Waals surface area contributed by atoms with E-state index in [1.54, 1.807) is 0 Å². The molecule has 0 fully saturated rings. The highest BCUT2D eigenvalue weighted by molar-refractivity contribution is 5.33. The van der Waals surface area contributed by atoms with Crippen molar-refractivity contribution in [3.05, 3.63) is 29.8 Å². The smallest absolute Gasteiger partial charge is 0.330 e. The van der Waals surface area contributed by atoms with E-state index in [0.717, 1.165) is 6.42 Å². The average molecular weight is 288 g/mol. The zero-order valence-electron chi connectivity index (χ0n) is 12.8. The molecular weight excluding hydrogens is 268 g/mol. The number of rotatable bonds is 5. The number of nitrogens with two attached hydrogens (primary N) is 1. The molecule has 0 atom stereocenters. The first kappa shape index (κ1) is 15.0. The van der Waals surface area contributed by atoms with Crippen LogP contribution >= 0.6 is 0 Å². The van der Waals surface area contributed by atoms with Gasteiger partial charge in [-0.1, -0.05) is 32.9 Å². The summed E-state index contributed by atoms with van der Waals surface area (Å²) in [6.07, 6.45) is 1.06. The molecule has 2 aromatic rings. The van der Waals surface area contributed by atoms with Crippen LogP contribution in [0.5, 0.6) is 17.8 Å².